The van der Waals surface area contributed by atoms with E-state index in [1.165, 1.54) is 37.5 Å². The second kappa shape index (κ2) is 5.16. The Kier molecular flexibility index (Phi) is 3.86. The molecule has 0 spiro atoms. The maximum atomic E-state index is 2.43. The zero-order valence-electron chi connectivity index (χ0n) is 8.58. The van der Waals surface area contributed by atoms with Crippen LogP contribution in [0.5, 0.6) is 0 Å². The molecule has 0 aliphatic carbocycles. The van der Waals surface area contributed by atoms with Crippen LogP contribution in [0.15, 0.2) is 16.8 Å². The molecule has 0 radical (unpaired) electrons. The second-order valence-electron chi connectivity index (χ2n) is 3.71. The molecule has 0 nitrogen and oxygen atoms in total. The summed E-state index contributed by atoms with van der Waals surface area (Å²) >= 11 is 2.52. The molecule has 0 fully saturated rings. The zero-order chi connectivity index (χ0) is 9.80. The average molecular weight is 271 g/mol. The number of unbranched alkanes of at least 4 members (excludes halogenated alkanes) is 3. The Hall–Kier alpha value is -0.0405. The van der Waals surface area contributed by atoms with Gasteiger partial charge in [0, 0.05) is 0 Å². The van der Waals surface area contributed by atoms with Crippen molar-refractivity contribution in [2.45, 2.75) is 39.0 Å². The van der Waals surface area contributed by atoms with E-state index in [0.29, 0.717) is 14.5 Å². The molecule has 2 heterocycles. The van der Waals surface area contributed by atoms with E-state index in [9.17, 15) is 0 Å². The Morgan fingerprint density at radius 2 is 2.14 bits per heavy atom. The molecule has 0 bridgehead atoms. The van der Waals surface area contributed by atoms with Gasteiger partial charge >= 0.3 is 95.8 Å². The van der Waals surface area contributed by atoms with Crippen molar-refractivity contribution in [1.29, 1.82) is 0 Å². The minimum absolute atomic E-state index is 0.668. The molecule has 2 rings (SSSR count). The van der Waals surface area contributed by atoms with E-state index in [1.54, 1.807) is 8.70 Å². The first kappa shape index (κ1) is 10.5. The van der Waals surface area contributed by atoms with Crippen molar-refractivity contribution >= 4 is 35.5 Å². The van der Waals surface area contributed by atoms with Crippen LogP contribution in [0, 0.1) is 0 Å². The molecule has 0 saturated heterocycles. The third-order valence-electron chi connectivity index (χ3n) is 2.49. The molecule has 0 unspecified atom stereocenters. The molecule has 0 aromatic carbocycles. The van der Waals surface area contributed by atoms with Gasteiger partial charge in [-0.25, -0.2) is 0 Å². The molecule has 0 aliphatic rings. The van der Waals surface area contributed by atoms with Gasteiger partial charge in [0.1, 0.15) is 0 Å². The van der Waals surface area contributed by atoms with Crippen LogP contribution in [-0.4, -0.2) is 14.5 Å². The van der Waals surface area contributed by atoms with E-state index in [4.69, 9.17) is 0 Å². The predicted octanol–water partition coefficient (Wildman–Crippen LogP) is 4.08. The second-order valence-corrected chi connectivity index (χ2v) is 6.91. The fourth-order valence-corrected chi connectivity index (χ4v) is 5.21. The fourth-order valence-electron chi connectivity index (χ4n) is 1.68. The van der Waals surface area contributed by atoms with Crippen LogP contribution in [0.2, 0.25) is 0 Å². The topological polar surface area (TPSA) is 0 Å². The molecule has 0 saturated carbocycles. The van der Waals surface area contributed by atoms with Crippen molar-refractivity contribution < 1.29 is 0 Å². The first-order chi connectivity index (χ1) is 6.90. The molecule has 0 aliphatic heterocycles. The molecule has 14 heavy (non-hydrogen) atoms. The van der Waals surface area contributed by atoms with Crippen molar-refractivity contribution in [3.8, 4) is 0 Å². The molecular formula is C12H16SSe. The van der Waals surface area contributed by atoms with Crippen molar-refractivity contribution in [1.82, 2.24) is 0 Å². The van der Waals surface area contributed by atoms with Crippen molar-refractivity contribution in [2.24, 2.45) is 0 Å². The molecule has 2 heteroatoms. The van der Waals surface area contributed by atoms with Gasteiger partial charge in [0.25, 0.3) is 0 Å². The van der Waals surface area contributed by atoms with Gasteiger partial charge in [-0.3, -0.25) is 0 Å². The Morgan fingerprint density at radius 3 is 2.93 bits per heavy atom. The van der Waals surface area contributed by atoms with Crippen LogP contribution in [0.25, 0.3) is 9.65 Å². The molecular weight excluding hydrogens is 255 g/mol. The number of fused-ring (bicyclic) bond motifs is 1. The minimum atomic E-state index is 0.668. The number of hydrogen-bond donors (Lipinski definition) is 0. The van der Waals surface area contributed by atoms with E-state index in [-0.39, 0.29) is 0 Å². The van der Waals surface area contributed by atoms with Crippen molar-refractivity contribution in [3.63, 3.8) is 0 Å². The van der Waals surface area contributed by atoms with Gasteiger partial charge < -0.3 is 0 Å². The summed E-state index contributed by atoms with van der Waals surface area (Å²) < 4.78 is 3.33. The Morgan fingerprint density at radius 1 is 1.21 bits per heavy atom. The van der Waals surface area contributed by atoms with Crippen LogP contribution < -0.4 is 0 Å². The van der Waals surface area contributed by atoms with Gasteiger partial charge in [-0.15, -0.1) is 0 Å². The van der Waals surface area contributed by atoms with Crippen molar-refractivity contribution in [3.05, 3.63) is 21.3 Å². The van der Waals surface area contributed by atoms with Crippen LogP contribution in [0.4, 0.5) is 0 Å². The van der Waals surface area contributed by atoms with Crippen LogP contribution in [0.3, 0.4) is 0 Å². The van der Waals surface area contributed by atoms with E-state index in [1.807, 2.05) is 11.3 Å². The standard InChI is InChI=1S/C12H16SSe/c1-2-3-4-5-6-11-7-10-8-13-9-12(10)14-11/h7-9H,2-6H2,1H3. The summed E-state index contributed by atoms with van der Waals surface area (Å²) in [6.07, 6.45) is 6.91. The fraction of sp³-hybridized carbons (Fsp3) is 0.500. The summed E-state index contributed by atoms with van der Waals surface area (Å²) in [6.45, 7) is 2.27. The average Bonchev–Trinajstić information content (AvgIpc) is 2.72. The number of thiophene rings is 1. The van der Waals surface area contributed by atoms with E-state index in [2.05, 4.69) is 23.8 Å². The normalized spacial score (nSPS) is 11.2. The van der Waals surface area contributed by atoms with Gasteiger partial charge in [0.15, 0.2) is 0 Å². The maximum absolute atomic E-state index is 2.43. The van der Waals surface area contributed by atoms with E-state index < -0.39 is 0 Å². The van der Waals surface area contributed by atoms with E-state index >= 15 is 0 Å². The monoisotopic (exact) mass is 272 g/mol. The zero-order valence-corrected chi connectivity index (χ0v) is 11.1. The summed E-state index contributed by atoms with van der Waals surface area (Å²) in [7, 11) is 0. The number of aryl methyl sites for hydroxylation is 1. The molecule has 2 aromatic rings. The van der Waals surface area contributed by atoms with Crippen LogP contribution in [-0.2, 0) is 6.42 Å². The number of hydrogen-bond acceptors (Lipinski definition) is 1. The Balaban J connectivity index is 1.89. The van der Waals surface area contributed by atoms with E-state index in [0.717, 1.165) is 0 Å². The quantitative estimate of drug-likeness (QED) is 0.568. The first-order valence-electron chi connectivity index (χ1n) is 5.35. The summed E-state index contributed by atoms with van der Waals surface area (Å²) in [5.74, 6) is 0. The van der Waals surface area contributed by atoms with Gasteiger partial charge in [0.2, 0.25) is 0 Å². The van der Waals surface area contributed by atoms with Crippen LogP contribution in [0.1, 0.15) is 37.0 Å². The van der Waals surface area contributed by atoms with Gasteiger partial charge in [-0.05, 0) is 0 Å². The summed E-state index contributed by atoms with van der Waals surface area (Å²) in [5, 5.41) is 6.13. The molecule has 0 N–H and O–H groups in total. The molecule has 0 amide bonds. The summed E-state index contributed by atoms with van der Waals surface area (Å²) in [5.41, 5.74) is 0. The molecule has 2 aromatic heterocycles. The number of rotatable bonds is 5. The van der Waals surface area contributed by atoms with Gasteiger partial charge in [-0.2, -0.15) is 0 Å². The summed E-state index contributed by atoms with van der Waals surface area (Å²) in [6, 6.07) is 2.43. The molecule has 76 valence electrons. The third kappa shape index (κ3) is 2.50. The van der Waals surface area contributed by atoms with Crippen molar-refractivity contribution in [2.75, 3.05) is 0 Å². The predicted molar refractivity (Wildman–Crippen MR) is 66.6 cm³/mol. The Bertz CT molecular complexity index is 357. The Labute approximate surface area is 95.7 Å². The SMILES string of the molecule is CCCCCCc1cc2cscc2[se]1. The van der Waals surface area contributed by atoms with Gasteiger partial charge in [-0.1, -0.05) is 0 Å². The first-order valence-corrected chi connectivity index (χ1v) is 8.00. The summed E-state index contributed by atoms with van der Waals surface area (Å²) in [4.78, 5) is 0. The van der Waals surface area contributed by atoms with Gasteiger partial charge in [0.05, 0.1) is 0 Å². The van der Waals surface area contributed by atoms with Crippen LogP contribution >= 0.6 is 11.3 Å². The molecule has 0 atom stereocenters. The third-order valence-corrected chi connectivity index (χ3v) is 6.02.